The summed E-state index contributed by atoms with van der Waals surface area (Å²) in [6, 6.07) is 10.6. The van der Waals surface area contributed by atoms with Crippen molar-refractivity contribution in [3.05, 3.63) is 60.5 Å². The first-order valence-corrected chi connectivity index (χ1v) is 21.7. The Morgan fingerprint density at radius 2 is 1.90 bits per heavy atom. The number of ether oxygens (including phenoxy) is 4. The van der Waals surface area contributed by atoms with Gasteiger partial charge in [-0.15, -0.1) is 4.72 Å². The SMILES string of the molecule is COc1cc2ncccc2cc1-c1cnc(C(CCCCCC2(c3ccon3)OCCO2)N[S@+]([O-])C(C)(C)C)n1COCC[Si](C)(C)C. The molecule has 1 saturated heterocycles. The Kier molecular flexibility index (Phi) is 12.0. The lowest BCUT2D eigenvalue weighted by Gasteiger charge is -2.28. The number of rotatable bonds is 17. The number of hydrogen-bond donors (Lipinski definition) is 1. The second-order valence-corrected chi connectivity index (χ2v) is 22.1. The van der Waals surface area contributed by atoms with Crippen molar-refractivity contribution in [2.24, 2.45) is 0 Å². The fourth-order valence-electron chi connectivity index (χ4n) is 5.74. The van der Waals surface area contributed by atoms with Crippen LogP contribution in [0.15, 0.2) is 53.5 Å². The zero-order chi connectivity index (χ0) is 34.4. The first-order valence-electron chi connectivity index (χ1n) is 16.8. The van der Waals surface area contributed by atoms with Crippen LogP contribution in [-0.4, -0.2) is 64.0 Å². The van der Waals surface area contributed by atoms with Crippen LogP contribution in [0.2, 0.25) is 25.7 Å². The molecule has 0 aliphatic carbocycles. The van der Waals surface area contributed by atoms with Crippen LogP contribution in [0.5, 0.6) is 5.75 Å². The van der Waals surface area contributed by atoms with Crippen LogP contribution in [0, 0.1) is 0 Å². The van der Waals surface area contributed by atoms with Gasteiger partial charge in [-0.2, -0.15) is 0 Å². The first kappa shape index (κ1) is 36.5. The molecule has 0 radical (unpaired) electrons. The fraction of sp³-hybridized carbons (Fsp3) is 0.571. The van der Waals surface area contributed by atoms with Crippen molar-refractivity contribution in [3.63, 3.8) is 0 Å². The maximum atomic E-state index is 13.6. The summed E-state index contributed by atoms with van der Waals surface area (Å²) in [6.07, 6.45) is 9.26. The van der Waals surface area contributed by atoms with Crippen LogP contribution in [0.1, 0.15) is 70.4 Å². The molecule has 13 heteroatoms. The molecule has 2 atom stereocenters. The third-order valence-electron chi connectivity index (χ3n) is 8.50. The monoisotopic (exact) mass is 697 g/mol. The van der Waals surface area contributed by atoms with Crippen LogP contribution in [0.4, 0.5) is 0 Å². The van der Waals surface area contributed by atoms with E-state index in [1.807, 2.05) is 45.2 Å². The summed E-state index contributed by atoms with van der Waals surface area (Å²) in [5, 5.41) is 5.10. The van der Waals surface area contributed by atoms with Crippen LogP contribution in [0.3, 0.4) is 0 Å². The van der Waals surface area contributed by atoms with Crippen molar-refractivity contribution < 1.29 is 28.0 Å². The molecule has 1 fully saturated rings. The molecule has 1 aliphatic rings. The van der Waals surface area contributed by atoms with E-state index >= 15 is 0 Å². The maximum absolute atomic E-state index is 13.6. The summed E-state index contributed by atoms with van der Waals surface area (Å²) in [6.45, 7) is 15.0. The topological polar surface area (TPSA) is 129 Å². The molecule has 4 aromatic rings. The maximum Gasteiger partial charge on any atom is 0.215 e. The van der Waals surface area contributed by atoms with Gasteiger partial charge in [-0.25, -0.2) is 4.98 Å². The lowest BCUT2D eigenvalue weighted by Crippen LogP contribution is -2.42. The Morgan fingerprint density at radius 3 is 2.58 bits per heavy atom. The van der Waals surface area contributed by atoms with Gasteiger partial charge in [0.05, 0.1) is 37.7 Å². The molecule has 11 nitrogen and oxygen atoms in total. The number of fused-ring (bicyclic) bond motifs is 1. The van der Waals surface area contributed by atoms with Gasteiger partial charge in [0, 0.05) is 61.7 Å². The zero-order valence-electron chi connectivity index (χ0n) is 29.4. The summed E-state index contributed by atoms with van der Waals surface area (Å²) >= 11 is -1.32. The molecule has 0 spiro atoms. The average Bonchev–Trinajstić information content (AvgIpc) is 3.83. The van der Waals surface area contributed by atoms with Crippen LogP contribution >= 0.6 is 0 Å². The molecule has 1 aromatic carbocycles. The van der Waals surface area contributed by atoms with Crippen LogP contribution in [-0.2, 0) is 38.1 Å². The standard InChI is InChI=1S/C35H51N5O6SSi/c1-34(2,3)47(41)39-28(13-9-8-10-15-35(44-18-19-45-35)32-14-17-46-38-32)33-37-24-30(40(33)25-43-20-21-48(5,6)7)27-22-26-12-11-16-36-29(26)23-31(27)42-4/h11-12,14,16-17,22-24,28,39H,8-10,13,15,18-21,25H2,1-7H3/t28?,47-/m1/s1. The minimum Gasteiger partial charge on any atom is -0.598 e. The van der Waals surface area contributed by atoms with Crippen molar-refractivity contribution in [2.45, 2.75) is 102 Å². The third kappa shape index (κ3) is 9.06. The van der Waals surface area contributed by atoms with E-state index in [4.69, 9.17) is 28.5 Å². The highest BCUT2D eigenvalue weighted by molar-refractivity contribution is 7.90. The fourth-order valence-corrected chi connectivity index (χ4v) is 7.33. The number of nitrogens with zero attached hydrogens (tertiary/aromatic N) is 4. The average molecular weight is 698 g/mol. The van der Waals surface area contributed by atoms with E-state index in [2.05, 4.69) is 45.1 Å². The van der Waals surface area contributed by atoms with E-state index in [-0.39, 0.29) is 6.04 Å². The number of methoxy groups -OCH3 is 1. The van der Waals surface area contributed by atoms with Crippen LogP contribution < -0.4 is 9.46 Å². The van der Waals surface area contributed by atoms with Gasteiger partial charge in [0.25, 0.3) is 0 Å². The largest absolute Gasteiger partial charge is 0.598 e. The molecule has 3 aromatic heterocycles. The minimum atomic E-state index is -1.32. The Bertz CT molecular complexity index is 1600. The van der Waals surface area contributed by atoms with E-state index in [0.29, 0.717) is 44.4 Å². The second kappa shape index (κ2) is 15.8. The van der Waals surface area contributed by atoms with Crippen molar-refractivity contribution in [2.75, 3.05) is 26.9 Å². The smallest absolute Gasteiger partial charge is 0.215 e. The predicted octanol–water partition coefficient (Wildman–Crippen LogP) is 7.35. The lowest BCUT2D eigenvalue weighted by atomic mass is 10.0. The molecule has 1 unspecified atom stereocenters. The number of benzene rings is 1. The Balaban J connectivity index is 1.41. The highest BCUT2D eigenvalue weighted by Gasteiger charge is 2.40. The summed E-state index contributed by atoms with van der Waals surface area (Å²) in [7, 11) is 0.376. The van der Waals surface area contributed by atoms with Crippen LogP contribution in [0.25, 0.3) is 22.2 Å². The quantitative estimate of drug-likeness (QED) is 0.0679. The normalized spacial score (nSPS) is 16.4. The van der Waals surface area contributed by atoms with Gasteiger partial charge in [-0.1, -0.05) is 43.7 Å². The number of nitrogens with one attached hydrogen (secondary N) is 1. The van der Waals surface area contributed by atoms with E-state index in [9.17, 15) is 4.55 Å². The molecular weight excluding hydrogens is 647 g/mol. The molecular formula is C35H51N5O6SSi. The number of unbranched alkanes of at least 4 members (excludes halogenated alkanes) is 2. The van der Waals surface area contributed by atoms with Gasteiger partial charge in [0.15, 0.2) is 0 Å². The number of aromatic nitrogens is 4. The van der Waals surface area contributed by atoms with Gasteiger partial charge < -0.3 is 32.6 Å². The van der Waals surface area contributed by atoms with Gasteiger partial charge >= 0.3 is 0 Å². The number of pyridine rings is 1. The molecule has 1 N–H and O–H groups in total. The Hall–Kier alpha value is -2.78. The minimum absolute atomic E-state index is 0.281. The summed E-state index contributed by atoms with van der Waals surface area (Å²) in [4.78, 5) is 9.50. The van der Waals surface area contributed by atoms with Crippen molar-refractivity contribution >= 4 is 30.3 Å². The molecule has 48 heavy (non-hydrogen) atoms. The molecule has 0 amide bonds. The molecule has 262 valence electrons. The third-order valence-corrected chi connectivity index (χ3v) is 11.8. The highest BCUT2D eigenvalue weighted by Crippen LogP contribution is 2.38. The van der Waals surface area contributed by atoms with Gasteiger partial charge in [-0.3, -0.25) is 4.98 Å². The molecule has 4 heterocycles. The molecule has 0 bridgehead atoms. The lowest BCUT2D eigenvalue weighted by molar-refractivity contribution is -0.175. The van der Waals surface area contributed by atoms with Crippen molar-refractivity contribution in [1.29, 1.82) is 0 Å². The van der Waals surface area contributed by atoms with Gasteiger partial charge in [-0.05, 0) is 51.8 Å². The zero-order valence-corrected chi connectivity index (χ0v) is 31.2. The molecule has 0 saturated carbocycles. The van der Waals surface area contributed by atoms with E-state index in [1.165, 1.54) is 0 Å². The Labute approximate surface area is 288 Å². The molecule has 1 aliphatic heterocycles. The first-order chi connectivity index (χ1) is 22.9. The number of imidazole rings is 1. The van der Waals surface area contributed by atoms with Gasteiger partial charge in [0.1, 0.15) is 41.1 Å². The number of hydrogen-bond acceptors (Lipinski definition) is 10. The second-order valence-electron chi connectivity index (χ2n) is 14.5. The van der Waals surface area contributed by atoms with E-state index in [0.717, 1.165) is 59.7 Å². The van der Waals surface area contributed by atoms with Crippen molar-refractivity contribution in [1.82, 2.24) is 24.4 Å². The highest BCUT2D eigenvalue weighted by atomic mass is 32.2. The summed E-state index contributed by atoms with van der Waals surface area (Å²) in [5.41, 5.74) is 3.30. The van der Waals surface area contributed by atoms with Crippen molar-refractivity contribution in [3.8, 4) is 17.0 Å². The summed E-state index contributed by atoms with van der Waals surface area (Å²) < 4.78 is 48.0. The Morgan fingerprint density at radius 1 is 1.10 bits per heavy atom. The summed E-state index contributed by atoms with van der Waals surface area (Å²) in [5.74, 6) is 0.632. The van der Waals surface area contributed by atoms with Gasteiger partial charge in [0.2, 0.25) is 5.79 Å². The molecule has 5 rings (SSSR count). The van der Waals surface area contributed by atoms with E-state index < -0.39 is 30.0 Å². The predicted molar refractivity (Wildman–Crippen MR) is 191 cm³/mol. The van der Waals surface area contributed by atoms with E-state index in [1.54, 1.807) is 25.6 Å².